The highest BCUT2D eigenvalue weighted by atomic mass is 79.9. The molecule has 4 aliphatic rings. The van der Waals surface area contributed by atoms with Crippen molar-refractivity contribution in [2.24, 2.45) is 17.8 Å². The topological polar surface area (TPSA) is 59.1 Å². The summed E-state index contributed by atoms with van der Waals surface area (Å²) in [6.07, 6.45) is 7.93. The molecule has 0 spiro atoms. The molecule has 0 unspecified atom stereocenters. The molecule has 4 bridgehead atoms. The largest absolute Gasteiger partial charge is 0.273 e. The van der Waals surface area contributed by atoms with E-state index in [-0.39, 0.29) is 5.41 Å². The van der Waals surface area contributed by atoms with Crippen LogP contribution >= 0.6 is 38.6 Å². The van der Waals surface area contributed by atoms with Gasteiger partial charge in [0.15, 0.2) is 5.13 Å². The highest BCUT2D eigenvalue weighted by Gasteiger charge is 2.52. The first kappa shape index (κ1) is 16.7. The lowest BCUT2D eigenvalue weighted by Gasteiger charge is -2.56. The van der Waals surface area contributed by atoms with E-state index in [9.17, 15) is 8.42 Å². The minimum absolute atomic E-state index is 0.209. The average molecular weight is 459 g/mol. The third-order valence-electron chi connectivity index (χ3n) is 6.12. The fourth-order valence-corrected chi connectivity index (χ4v) is 9.69. The Kier molecular flexibility index (Phi) is 3.86. The summed E-state index contributed by atoms with van der Waals surface area (Å²) in [5.41, 5.74) is 1.34. The van der Waals surface area contributed by atoms with Gasteiger partial charge in [-0.3, -0.25) is 4.72 Å². The molecule has 2 aromatic heterocycles. The van der Waals surface area contributed by atoms with Gasteiger partial charge in [-0.05, 0) is 84.3 Å². The van der Waals surface area contributed by atoms with Crippen molar-refractivity contribution >= 4 is 53.8 Å². The number of nitrogens with zero attached hydrogens (tertiary/aromatic N) is 1. The molecule has 0 radical (unpaired) electrons. The number of sulfonamides is 1. The van der Waals surface area contributed by atoms with Crippen LogP contribution in [0.2, 0.25) is 0 Å². The molecule has 4 nitrogen and oxygen atoms in total. The molecule has 0 amide bonds. The maximum atomic E-state index is 12.5. The van der Waals surface area contributed by atoms with Crippen molar-refractivity contribution in [3.8, 4) is 0 Å². The van der Waals surface area contributed by atoms with Gasteiger partial charge in [0.05, 0.1) is 9.48 Å². The van der Waals surface area contributed by atoms with E-state index in [0.717, 1.165) is 27.2 Å². The number of rotatable bonds is 4. The number of anilines is 1. The molecule has 2 heterocycles. The molecule has 2 aromatic rings. The van der Waals surface area contributed by atoms with Gasteiger partial charge in [-0.15, -0.1) is 22.7 Å². The summed E-state index contributed by atoms with van der Waals surface area (Å²) in [6.45, 7) is 0. The van der Waals surface area contributed by atoms with Crippen LogP contribution in [0, 0.1) is 17.8 Å². The Morgan fingerprint density at radius 1 is 1.12 bits per heavy atom. The molecule has 0 aromatic carbocycles. The van der Waals surface area contributed by atoms with Crippen LogP contribution in [-0.4, -0.2) is 13.4 Å². The molecule has 0 aliphatic heterocycles. The molecule has 4 aliphatic carbocycles. The smallest absolute Gasteiger partial charge is 0.254 e. The second kappa shape index (κ2) is 5.78. The van der Waals surface area contributed by atoms with Crippen molar-refractivity contribution in [3.63, 3.8) is 0 Å². The number of aromatic nitrogens is 1. The Morgan fingerprint density at radius 2 is 1.76 bits per heavy atom. The molecular weight excluding hydrogens is 440 g/mol. The van der Waals surface area contributed by atoms with Crippen LogP contribution in [0.25, 0.3) is 0 Å². The first-order valence-corrected chi connectivity index (χ1v) is 12.6. The summed E-state index contributed by atoms with van der Waals surface area (Å²) in [4.78, 5) is 4.74. The van der Waals surface area contributed by atoms with Crippen LogP contribution < -0.4 is 4.72 Å². The lowest BCUT2D eigenvalue weighted by atomic mass is 9.49. The van der Waals surface area contributed by atoms with E-state index in [1.54, 1.807) is 12.1 Å². The van der Waals surface area contributed by atoms with E-state index in [1.807, 2.05) is 0 Å². The molecule has 25 heavy (non-hydrogen) atoms. The zero-order valence-electron chi connectivity index (χ0n) is 13.6. The highest BCUT2D eigenvalue weighted by molar-refractivity contribution is 9.11. The van der Waals surface area contributed by atoms with E-state index < -0.39 is 10.0 Å². The molecule has 4 fully saturated rings. The second-order valence-corrected chi connectivity index (χ2v) is 13.1. The summed E-state index contributed by atoms with van der Waals surface area (Å²) in [5, 5.41) is 2.59. The zero-order valence-corrected chi connectivity index (χ0v) is 17.6. The number of hydrogen-bond donors (Lipinski definition) is 1. The van der Waals surface area contributed by atoms with E-state index in [1.165, 1.54) is 61.2 Å². The Balaban J connectivity index is 1.41. The number of hydrogen-bond acceptors (Lipinski definition) is 5. The minimum atomic E-state index is -3.55. The fraction of sp³-hybridized carbons (Fsp3) is 0.588. The van der Waals surface area contributed by atoms with Crippen LogP contribution in [0.4, 0.5) is 5.13 Å². The van der Waals surface area contributed by atoms with Gasteiger partial charge in [0.2, 0.25) is 0 Å². The van der Waals surface area contributed by atoms with Gasteiger partial charge in [-0.2, -0.15) is 0 Å². The van der Waals surface area contributed by atoms with Gasteiger partial charge in [-0.25, -0.2) is 13.4 Å². The number of halogens is 1. The predicted octanol–water partition coefficient (Wildman–Crippen LogP) is 5.24. The van der Waals surface area contributed by atoms with Crippen LogP contribution in [0.3, 0.4) is 0 Å². The molecule has 6 rings (SSSR count). The van der Waals surface area contributed by atoms with Crippen LogP contribution in [0.15, 0.2) is 25.5 Å². The van der Waals surface area contributed by atoms with E-state index in [4.69, 9.17) is 4.98 Å². The van der Waals surface area contributed by atoms with E-state index in [0.29, 0.717) is 9.34 Å². The molecule has 8 heteroatoms. The van der Waals surface area contributed by atoms with Crippen LogP contribution in [-0.2, 0) is 15.4 Å². The Labute approximate surface area is 164 Å². The van der Waals surface area contributed by atoms with Gasteiger partial charge >= 0.3 is 0 Å². The molecule has 4 saturated carbocycles. The Morgan fingerprint density at radius 3 is 2.32 bits per heavy atom. The van der Waals surface area contributed by atoms with Gasteiger partial charge < -0.3 is 0 Å². The average Bonchev–Trinajstić information content (AvgIpc) is 3.15. The summed E-state index contributed by atoms with van der Waals surface area (Å²) < 4.78 is 28.8. The van der Waals surface area contributed by atoms with E-state index >= 15 is 0 Å². The molecule has 0 saturated heterocycles. The van der Waals surface area contributed by atoms with Crippen molar-refractivity contribution in [1.29, 1.82) is 0 Å². The molecular formula is C17H19BrN2O2S3. The quantitative estimate of drug-likeness (QED) is 0.681. The lowest BCUT2D eigenvalue weighted by molar-refractivity contribution is -0.00688. The van der Waals surface area contributed by atoms with Crippen LogP contribution in [0.5, 0.6) is 0 Å². The highest BCUT2D eigenvalue weighted by Crippen LogP contribution is 2.60. The van der Waals surface area contributed by atoms with Gasteiger partial charge in [0.25, 0.3) is 10.0 Å². The lowest BCUT2D eigenvalue weighted by Crippen LogP contribution is -2.48. The summed E-state index contributed by atoms with van der Waals surface area (Å²) >= 11 is 5.95. The SMILES string of the molecule is O=S(=O)(Nc1nc(C23CC4CC(CC(C4)C2)C3)cs1)c1ccc(Br)s1. The standard InChI is InChI=1S/C17H19BrN2O2S3/c18-14-1-2-15(24-14)25(21,22)20-16-19-13(9-23-16)17-6-10-3-11(7-17)5-12(4-10)8-17/h1-2,9-12H,3-8H2,(H,19,20). The van der Waals surface area contributed by atoms with E-state index in [2.05, 4.69) is 26.0 Å². The predicted molar refractivity (Wildman–Crippen MR) is 105 cm³/mol. The normalized spacial score (nSPS) is 33.7. The fourth-order valence-electron chi connectivity index (χ4n) is 5.60. The molecule has 1 N–H and O–H groups in total. The van der Waals surface area contributed by atoms with Gasteiger partial charge in [-0.1, -0.05) is 0 Å². The first-order valence-electron chi connectivity index (χ1n) is 8.66. The van der Waals surface area contributed by atoms with Crippen molar-refractivity contribution in [3.05, 3.63) is 27.0 Å². The monoisotopic (exact) mass is 458 g/mol. The number of thiazole rings is 1. The summed E-state index contributed by atoms with van der Waals surface area (Å²) in [5.74, 6) is 2.57. The first-order chi connectivity index (χ1) is 11.9. The van der Waals surface area contributed by atoms with Crippen molar-refractivity contribution < 1.29 is 8.42 Å². The van der Waals surface area contributed by atoms with Crippen molar-refractivity contribution in [1.82, 2.24) is 4.98 Å². The Bertz CT molecular complexity index is 883. The summed E-state index contributed by atoms with van der Waals surface area (Å²) in [7, 11) is -3.55. The minimum Gasteiger partial charge on any atom is -0.254 e. The van der Waals surface area contributed by atoms with Crippen molar-refractivity contribution in [2.75, 3.05) is 4.72 Å². The third kappa shape index (κ3) is 2.89. The molecule has 134 valence electrons. The summed E-state index contributed by atoms with van der Waals surface area (Å²) in [6, 6.07) is 3.37. The second-order valence-electron chi connectivity index (χ2n) is 7.90. The van der Waals surface area contributed by atoms with Crippen molar-refractivity contribution in [2.45, 2.75) is 48.1 Å². The zero-order chi connectivity index (χ0) is 17.2. The Hall–Kier alpha value is -0.440. The molecule has 0 atom stereocenters. The van der Waals surface area contributed by atoms with Gasteiger partial charge in [0.1, 0.15) is 4.21 Å². The van der Waals surface area contributed by atoms with Crippen LogP contribution in [0.1, 0.15) is 44.2 Å². The maximum absolute atomic E-state index is 12.5. The van der Waals surface area contributed by atoms with Gasteiger partial charge in [0, 0.05) is 10.8 Å². The maximum Gasteiger partial charge on any atom is 0.273 e. The third-order valence-corrected chi connectivity index (χ3v) is 10.5. The number of thiophene rings is 1. The number of nitrogens with one attached hydrogen (secondary N) is 1.